The standard InChI is InChI=1S/C10H17NO2/c12-8-3-2-6-11(7-8)9-4-1-5-10(9)13/h9-10,13H,1-7H2. The summed E-state index contributed by atoms with van der Waals surface area (Å²) < 4.78 is 0. The van der Waals surface area contributed by atoms with Crippen LogP contribution >= 0.6 is 0 Å². The number of likely N-dealkylation sites (tertiary alicyclic amines) is 1. The zero-order valence-corrected chi connectivity index (χ0v) is 7.91. The van der Waals surface area contributed by atoms with Gasteiger partial charge in [0.15, 0.2) is 0 Å². The van der Waals surface area contributed by atoms with Crippen LogP contribution in [0.25, 0.3) is 0 Å². The van der Waals surface area contributed by atoms with Crippen molar-refractivity contribution in [1.82, 2.24) is 4.90 Å². The van der Waals surface area contributed by atoms with Gasteiger partial charge >= 0.3 is 0 Å². The molecule has 0 radical (unpaired) electrons. The maximum atomic E-state index is 11.2. The molecule has 1 aliphatic heterocycles. The highest BCUT2D eigenvalue weighted by Gasteiger charge is 2.32. The molecule has 0 amide bonds. The van der Waals surface area contributed by atoms with E-state index < -0.39 is 0 Å². The van der Waals surface area contributed by atoms with Crippen molar-refractivity contribution < 1.29 is 9.90 Å². The summed E-state index contributed by atoms with van der Waals surface area (Å²) in [6.07, 6.45) is 4.60. The molecular formula is C10H17NO2. The second kappa shape index (κ2) is 3.76. The summed E-state index contributed by atoms with van der Waals surface area (Å²) in [5, 5.41) is 9.67. The molecule has 2 rings (SSSR count). The van der Waals surface area contributed by atoms with Gasteiger partial charge < -0.3 is 5.11 Å². The molecule has 1 heterocycles. The lowest BCUT2D eigenvalue weighted by molar-refractivity contribution is -0.123. The van der Waals surface area contributed by atoms with Crippen LogP contribution in [0.5, 0.6) is 0 Å². The van der Waals surface area contributed by atoms with Crippen LogP contribution < -0.4 is 0 Å². The topological polar surface area (TPSA) is 40.5 Å². The molecule has 0 aromatic rings. The van der Waals surface area contributed by atoms with Gasteiger partial charge in [-0.15, -0.1) is 0 Å². The molecule has 1 saturated heterocycles. The minimum absolute atomic E-state index is 0.189. The first-order valence-corrected chi connectivity index (χ1v) is 5.21. The first-order valence-electron chi connectivity index (χ1n) is 5.21. The number of carbonyl (C=O) groups is 1. The predicted octanol–water partition coefficient (Wildman–Crippen LogP) is 0.565. The van der Waals surface area contributed by atoms with Gasteiger partial charge in [0.2, 0.25) is 0 Å². The van der Waals surface area contributed by atoms with E-state index in [1.165, 1.54) is 0 Å². The minimum atomic E-state index is -0.189. The molecule has 1 aliphatic carbocycles. The summed E-state index contributed by atoms with van der Waals surface area (Å²) >= 11 is 0. The van der Waals surface area contributed by atoms with E-state index in [2.05, 4.69) is 4.90 Å². The van der Waals surface area contributed by atoms with Crippen LogP contribution in [0.2, 0.25) is 0 Å². The maximum absolute atomic E-state index is 11.2. The summed E-state index contributed by atoms with van der Waals surface area (Å²) in [4.78, 5) is 13.4. The number of hydrogen-bond donors (Lipinski definition) is 1. The highest BCUT2D eigenvalue weighted by molar-refractivity contribution is 5.81. The number of piperidine rings is 1. The highest BCUT2D eigenvalue weighted by atomic mass is 16.3. The fourth-order valence-electron chi connectivity index (χ4n) is 2.49. The molecule has 3 nitrogen and oxygen atoms in total. The van der Waals surface area contributed by atoms with E-state index in [1.54, 1.807) is 0 Å². The van der Waals surface area contributed by atoms with Gasteiger partial charge in [-0.3, -0.25) is 9.69 Å². The zero-order valence-electron chi connectivity index (χ0n) is 7.91. The lowest BCUT2D eigenvalue weighted by atomic mass is 10.1. The van der Waals surface area contributed by atoms with Crippen LogP contribution in [-0.2, 0) is 4.79 Å². The van der Waals surface area contributed by atoms with Crippen LogP contribution in [0.1, 0.15) is 32.1 Å². The van der Waals surface area contributed by atoms with E-state index in [4.69, 9.17) is 0 Å². The van der Waals surface area contributed by atoms with Crippen molar-refractivity contribution in [2.24, 2.45) is 0 Å². The number of nitrogens with zero attached hydrogens (tertiary/aromatic N) is 1. The van der Waals surface area contributed by atoms with Crippen molar-refractivity contribution >= 4 is 5.78 Å². The molecule has 2 atom stereocenters. The van der Waals surface area contributed by atoms with Crippen LogP contribution in [-0.4, -0.2) is 41.0 Å². The van der Waals surface area contributed by atoms with Crippen LogP contribution in [0, 0.1) is 0 Å². The number of carbonyl (C=O) groups excluding carboxylic acids is 1. The molecule has 2 fully saturated rings. The number of rotatable bonds is 1. The lowest BCUT2D eigenvalue weighted by Crippen LogP contribution is -2.46. The van der Waals surface area contributed by atoms with Gasteiger partial charge in [-0.2, -0.15) is 0 Å². The van der Waals surface area contributed by atoms with E-state index in [1.807, 2.05) is 0 Å². The van der Waals surface area contributed by atoms with Crippen LogP contribution in [0.4, 0.5) is 0 Å². The van der Waals surface area contributed by atoms with E-state index in [0.717, 1.165) is 38.6 Å². The Bertz CT molecular complexity index is 205. The number of aliphatic hydroxyl groups excluding tert-OH is 1. The van der Waals surface area contributed by atoms with Crippen molar-refractivity contribution in [3.05, 3.63) is 0 Å². The summed E-state index contributed by atoms with van der Waals surface area (Å²) in [6, 6.07) is 0.268. The third-order valence-corrected chi connectivity index (χ3v) is 3.19. The molecule has 2 unspecified atom stereocenters. The maximum Gasteiger partial charge on any atom is 0.146 e. The van der Waals surface area contributed by atoms with E-state index >= 15 is 0 Å². The van der Waals surface area contributed by atoms with Crippen molar-refractivity contribution in [3.63, 3.8) is 0 Å². The van der Waals surface area contributed by atoms with Gasteiger partial charge in [0.05, 0.1) is 12.6 Å². The van der Waals surface area contributed by atoms with E-state index in [-0.39, 0.29) is 12.1 Å². The Morgan fingerprint density at radius 3 is 2.77 bits per heavy atom. The first-order chi connectivity index (χ1) is 6.27. The predicted molar refractivity (Wildman–Crippen MR) is 49.5 cm³/mol. The molecule has 0 bridgehead atoms. The second-order valence-corrected chi connectivity index (χ2v) is 4.18. The van der Waals surface area contributed by atoms with Gasteiger partial charge in [0, 0.05) is 12.5 Å². The Morgan fingerprint density at radius 2 is 2.15 bits per heavy atom. The zero-order chi connectivity index (χ0) is 9.26. The normalized spacial score (nSPS) is 36.8. The average Bonchev–Trinajstić information content (AvgIpc) is 2.51. The highest BCUT2D eigenvalue weighted by Crippen LogP contribution is 2.25. The number of Topliss-reactive ketones (excluding diaryl/α,β-unsaturated/α-hetero) is 1. The SMILES string of the molecule is O=C1CCCN(C2CCCC2O)C1. The largest absolute Gasteiger partial charge is 0.391 e. The molecular weight excluding hydrogens is 166 g/mol. The molecule has 13 heavy (non-hydrogen) atoms. The van der Waals surface area contributed by atoms with Crippen molar-refractivity contribution in [1.29, 1.82) is 0 Å². The van der Waals surface area contributed by atoms with Crippen molar-refractivity contribution in [3.8, 4) is 0 Å². The molecule has 3 heteroatoms. The van der Waals surface area contributed by atoms with Gasteiger partial charge in [0.25, 0.3) is 0 Å². The third kappa shape index (κ3) is 1.92. The Morgan fingerprint density at radius 1 is 1.31 bits per heavy atom. The van der Waals surface area contributed by atoms with E-state index in [9.17, 15) is 9.90 Å². The van der Waals surface area contributed by atoms with Crippen molar-refractivity contribution in [2.45, 2.75) is 44.2 Å². The number of hydrogen-bond acceptors (Lipinski definition) is 3. The quantitative estimate of drug-likeness (QED) is 0.646. The number of aliphatic hydroxyl groups is 1. The summed E-state index contributed by atoms with van der Waals surface area (Å²) in [5.74, 6) is 0.338. The van der Waals surface area contributed by atoms with Crippen LogP contribution in [0.3, 0.4) is 0 Å². The molecule has 0 spiro atoms. The van der Waals surface area contributed by atoms with Gasteiger partial charge in [-0.05, 0) is 32.2 Å². The Hall–Kier alpha value is -0.410. The smallest absolute Gasteiger partial charge is 0.146 e. The summed E-state index contributed by atoms with van der Waals surface area (Å²) in [6.45, 7) is 1.56. The molecule has 0 aromatic heterocycles. The van der Waals surface area contributed by atoms with Crippen molar-refractivity contribution in [2.75, 3.05) is 13.1 Å². The average molecular weight is 183 g/mol. The van der Waals surface area contributed by atoms with Crippen LogP contribution in [0.15, 0.2) is 0 Å². The molecule has 2 aliphatic rings. The Kier molecular flexibility index (Phi) is 2.65. The fraction of sp³-hybridized carbons (Fsp3) is 0.900. The number of ketones is 1. The Balaban J connectivity index is 1.95. The summed E-state index contributed by atoms with van der Waals surface area (Å²) in [7, 11) is 0. The van der Waals surface area contributed by atoms with Gasteiger partial charge in [0.1, 0.15) is 5.78 Å². The van der Waals surface area contributed by atoms with Gasteiger partial charge in [-0.25, -0.2) is 0 Å². The second-order valence-electron chi connectivity index (χ2n) is 4.18. The fourth-order valence-corrected chi connectivity index (χ4v) is 2.49. The molecule has 74 valence electrons. The molecule has 0 aromatic carbocycles. The van der Waals surface area contributed by atoms with E-state index in [0.29, 0.717) is 12.3 Å². The molecule has 1 saturated carbocycles. The minimum Gasteiger partial charge on any atom is -0.391 e. The van der Waals surface area contributed by atoms with Gasteiger partial charge in [-0.1, -0.05) is 0 Å². The third-order valence-electron chi connectivity index (χ3n) is 3.19. The lowest BCUT2D eigenvalue weighted by Gasteiger charge is -2.33. The first kappa shape index (κ1) is 9.16. The monoisotopic (exact) mass is 183 g/mol. The summed E-state index contributed by atoms with van der Waals surface area (Å²) in [5.41, 5.74) is 0. The Labute approximate surface area is 78.7 Å². The molecule has 1 N–H and O–H groups in total.